The molecule has 1 aliphatic carbocycles. The van der Waals surface area contributed by atoms with Crippen LogP contribution in [0.5, 0.6) is 5.75 Å². The minimum Gasteiger partial charge on any atom is -0.505 e. The summed E-state index contributed by atoms with van der Waals surface area (Å²) in [7, 11) is 0. The van der Waals surface area contributed by atoms with Crippen molar-refractivity contribution >= 4 is 51.9 Å². The molecule has 2 unspecified atom stereocenters. The van der Waals surface area contributed by atoms with E-state index in [0.717, 1.165) is 37.1 Å². The number of para-hydroxylation sites is 1. The van der Waals surface area contributed by atoms with Crippen molar-refractivity contribution in [1.29, 1.82) is 0 Å². The fourth-order valence-electron chi connectivity index (χ4n) is 4.58. The second-order valence-electron chi connectivity index (χ2n) is 8.56. The average molecular weight is 513 g/mol. The van der Waals surface area contributed by atoms with Gasteiger partial charge in [0.1, 0.15) is 5.75 Å². The summed E-state index contributed by atoms with van der Waals surface area (Å²) in [5.74, 6) is 0.826. The van der Waals surface area contributed by atoms with Crippen molar-refractivity contribution in [2.24, 2.45) is 10.2 Å². The number of carbonyl (C=O) groups excluding carboxylic acids is 1. The van der Waals surface area contributed by atoms with E-state index in [2.05, 4.69) is 36.3 Å². The number of benzene rings is 2. The van der Waals surface area contributed by atoms with Gasteiger partial charge in [0, 0.05) is 5.92 Å². The highest BCUT2D eigenvalue weighted by Crippen LogP contribution is 2.44. The number of nitrogens with zero attached hydrogens (tertiary/aromatic N) is 6. The molecule has 2 atom stereocenters. The summed E-state index contributed by atoms with van der Waals surface area (Å²) in [6.45, 7) is 1.69. The monoisotopic (exact) mass is 512 g/mol. The summed E-state index contributed by atoms with van der Waals surface area (Å²) in [6.07, 6.45) is 3.78. The molecule has 1 fully saturated rings. The van der Waals surface area contributed by atoms with Crippen LogP contribution in [0, 0.1) is 0 Å². The molecule has 3 aromatic rings. The molecule has 35 heavy (non-hydrogen) atoms. The Bertz CT molecular complexity index is 1330. The minimum atomic E-state index is -0.417. The zero-order valence-electron chi connectivity index (χ0n) is 18.7. The lowest BCUT2D eigenvalue weighted by molar-refractivity contribution is -0.112. The quantitative estimate of drug-likeness (QED) is 0.330. The number of tetrazole rings is 1. The Hall–Kier alpha value is -3.50. The number of H-pyrrole nitrogens is 1. The third kappa shape index (κ3) is 4.59. The van der Waals surface area contributed by atoms with E-state index >= 15 is 0 Å². The zero-order chi connectivity index (χ0) is 24.5. The second-order valence-corrected chi connectivity index (χ2v) is 9.38. The number of hydrazone groups is 2. The van der Waals surface area contributed by atoms with Gasteiger partial charge in [-0.05, 0) is 72.4 Å². The molecule has 1 saturated carbocycles. The van der Waals surface area contributed by atoms with Crippen LogP contribution < -0.4 is 10.4 Å². The number of phenolic OH excluding ortho intramolecular Hbond substituents is 1. The number of aromatic amines is 1. The molecule has 2 aromatic carbocycles. The lowest BCUT2D eigenvalue weighted by Gasteiger charge is -2.28. The number of halogens is 2. The van der Waals surface area contributed by atoms with E-state index in [1.807, 2.05) is 12.1 Å². The fraction of sp³-hybridized carbons (Fsp3) is 0.304. The Morgan fingerprint density at radius 1 is 1.17 bits per heavy atom. The van der Waals surface area contributed by atoms with Crippen LogP contribution in [0.1, 0.15) is 55.8 Å². The van der Waals surface area contributed by atoms with Gasteiger partial charge in [0.15, 0.2) is 11.5 Å². The Balaban J connectivity index is 1.34. The molecule has 2 aliphatic rings. The summed E-state index contributed by atoms with van der Waals surface area (Å²) in [4.78, 5) is 13.0. The van der Waals surface area contributed by atoms with Gasteiger partial charge in [0.25, 0.3) is 0 Å². The molecular weight excluding hydrogens is 491 g/mol. The van der Waals surface area contributed by atoms with Gasteiger partial charge in [0.05, 0.1) is 27.1 Å². The van der Waals surface area contributed by atoms with Gasteiger partial charge in [-0.1, -0.05) is 41.8 Å². The standard InChI is InChI=1S/C23H22Cl2N8O2/c1-12-20(23(35)33(30-12)15-8-9-17(24)18(25)11-15)27-26-19-7-3-6-16(21(19)34)13-4-2-5-14(10-13)22-28-31-32-29-22/h3,6-9,11,13-14,26,34H,2,4-5,10H2,1H3,(H,28,29,31,32). The average Bonchev–Trinajstić information content (AvgIpc) is 3.49. The largest absolute Gasteiger partial charge is 0.505 e. The summed E-state index contributed by atoms with van der Waals surface area (Å²) in [5.41, 5.74) is 5.13. The van der Waals surface area contributed by atoms with E-state index in [0.29, 0.717) is 27.1 Å². The predicted molar refractivity (Wildman–Crippen MR) is 134 cm³/mol. The van der Waals surface area contributed by atoms with Crippen LogP contribution in [-0.2, 0) is 4.79 Å². The van der Waals surface area contributed by atoms with Crippen LogP contribution >= 0.6 is 23.2 Å². The number of hydrogen-bond acceptors (Lipinski definition) is 8. The summed E-state index contributed by atoms with van der Waals surface area (Å²) < 4.78 is 0. The molecule has 5 rings (SSSR count). The first-order valence-electron chi connectivity index (χ1n) is 11.2. The maximum absolute atomic E-state index is 13.0. The first kappa shape index (κ1) is 23.3. The first-order valence-corrected chi connectivity index (χ1v) is 11.9. The van der Waals surface area contributed by atoms with Gasteiger partial charge in [-0.15, -0.1) is 5.10 Å². The van der Waals surface area contributed by atoms with Crippen molar-refractivity contribution in [3.63, 3.8) is 0 Å². The van der Waals surface area contributed by atoms with Crippen molar-refractivity contribution < 1.29 is 9.90 Å². The second kappa shape index (κ2) is 9.63. The summed E-state index contributed by atoms with van der Waals surface area (Å²) >= 11 is 12.1. The smallest absolute Gasteiger partial charge is 0.301 e. The number of rotatable bonds is 5. The normalized spacial score (nSPS) is 21.5. The molecular formula is C23H22Cl2N8O2. The molecule has 3 N–H and O–H groups in total. The third-order valence-corrected chi connectivity index (χ3v) is 7.09. The van der Waals surface area contributed by atoms with Crippen LogP contribution in [0.15, 0.2) is 46.6 Å². The highest BCUT2D eigenvalue weighted by Gasteiger charge is 2.32. The molecule has 1 aliphatic heterocycles. The summed E-state index contributed by atoms with van der Waals surface area (Å²) in [5, 5.41) is 35.8. The molecule has 10 nitrogen and oxygen atoms in total. The molecule has 0 spiro atoms. The lowest BCUT2D eigenvalue weighted by atomic mass is 9.77. The van der Waals surface area contributed by atoms with Crippen molar-refractivity contribution in [3.8, 4) is 5.75 Å². The van der Waals surface area contributed by atoms with Crippen molar-refractivity contribution in [1.82, 2.24) is 20.6 Å². The van der Waals surface area contributed by atoms with Crippen molar-refractivity contribution in [3.05, 3.63) is 57.8 Å². The van der Waals surface area contributed by atoms with Crippen molar-refractivity contribution in [2.75, 3.05) is 10.4 Å². The van der Waals surface area contributed by atoms with Crippen LogP contribution in [0.2, 0.25) is 10.0 Å². The van der Waals surface area contributed by atoms with Crippen LogP contribution in [0.25, 0.3) is 0 Å². The van der Waals surface area contributed by atoms with Crippen LogP contribution in [0.4, 0.5) is 11.4 Å². The number of hydrogen-bond donors (Lipinski definition) is 3. The molecule has 1 aromatic heterocycles. The molecule has 0 bridgehead atoms. The van der Waals surface area contributed by atoms with E-state index in [1.165, 1.54) is 5.01 Å². The number of nitrogens with one attached hydrogen (secondary N) is 2. The number of aromatic hydroxyl groups is 1. The molecule has 0 saturated heterocycles. The highest BCUT2D eigenvalue weighted by molar-refractivity contribution is 6.71. The molecule has 2 heterocycles. The molecule has 1 amide bonds. The van der Waals surface area contributed by atoms with E-state index in [4.69, 9.17) is 23.2 Å². The van der Waals surface area contributed by atoms with Gasteiger partial charge in [-0.3, -0.25) is 10.2 Å². The van der Waals surface area contributed by atoms with Gasteiger partial charge in [-0.25, -0.2) is 5.10 Å². The Kier molecular flexibility index (Phi) is 6.40. The van der Waals surface area contributed by atoms with E-state index < -0.39 is 5.91 Å². The highest BCUT2D eigenvalue weighted by atomic mass is 35.5. The lowest BCUT2D eigenvalue weighted by Crippen LogP contribution is -2.28. The number of anilines is 2. The Labute approximate surface area is 211 Å². The molecule has 12 heteroatoms. The van der Waals surface area contributed by atoms with E-state index in [-0.39, 0.29) is 23.3 Å². The van der Waals surface area contributed by atoms with E-state index in [1.54, 1.807) is 31.2 Å². The number of amides is 1. The topological polar surface area (TPSA) is 132 Å². The molecule has 180 valence electrons. The van der Waals surface area contributed by atoms with Gasteiger partial charge < -0.3 is 5.11 Å². The van der Waals surface area contributed by atoms with Crippen molar-refractivity contribution in [2.45, 2.75) is 44.4 Å². The number of aromatic nitrogens is 4. The third-order valence-electron chi connectivity index (χ3n) is 6.35. The molecule has 0 radical (unpaired) electrons. The maximum Gasteiger partial charge on any atom is 0.301 e. The predicted octanol–water partition coefficient (Wildman–Crippen LogP) is 4.84. The SMILES string of the molecule is CC1=NN(c2ccc(Cl)c(Cl)c2)C(=O)C1=NNc1cccc(C2CCCC(c3nnn[nH]3)C2)c1O. The van der Waals surface area contributed by atoms with Crippen LogP contribution in [-0.4, -0.2) is 43.1 Å². The Morgan fingerprint density at radius 2 is 2.00 bits per heavy atom. The first-order chi connectivity index (χ1) is 16.9. The zero-order valence-corrected chi connectivity index (χ0v) is 20.3. The Morgan fingerprint density at radius 3 is 2.77 bits per heavy atom. The van der Waals surface area contributed by atoms with Gasteiger partial charge in [0.2, 0.25) is 0 Å². The summed E-state index contributed by atoms with van der Waals surface area (Å²) in [6, 6.07) is 10.3. The van der Waals surface area contributed by atoms with Crippen LogP contribution in [0.3, 0.4) is 0 Å². The van der Waals surface area contributed by atoms with Gasteiger partial charge in [-0.2, -0.15) is 15.2 Å². The minimum absolute atomic E-state index is 0.111. The van der Waals surface area contributed by atoms with E-state index in [9.17, 15) is 9.90 Å². The maximum atomic E-state index is 13.0. The van der Waals surface area contributed by atoms with Gasteiger partial charge >= 0.3 is 5.91 Å². The fourth-order valence-corrected chi connectivity index (χ4v) is 4.87. The number of phenols is 1. The number of carbonyl (C=O) groups is 1.